The number of aliphatic hydroxyl groups is 2. The Morgan fingerprint density at radius 1 is 0.659 bits per heavy atom. The van der Waals surface area contributed by atoms with E-state index >= 15 is 0 Å². The Morgan fingerprint density at radius 3 is 1.34 bits per heavy atom. The smallest absolute Gasteiger partial charge is 0.182 e. The first kappa shape index (κ1) is 32.5. The predicted octanol–water partition coefficient (Wildman–Crippen LogP) is 3.62. The molecule has 2 atom stereocenters. The van der Waals surface area contributed by atoms with Crippen molar-refractivity contribution in [3.63, 3.8) is 0 Å². The number of carbonyl (C=O) groups is 2. The fraction of sp³-hybridized carbons (Fsp3) is 0.588. The van der Waals surface area contributed by atoms with E-state index < -0.39 is 23.3 Å². The number of benzene rings is 2. The Hall–Kier alpha value is -2.86. The van der Waals surface area contributed by atoms with E-state index in [1.165, 1.54) is 0 Å². The van der Waals surface area contributed by atoms with Crippen molar-refractivity contribution in [1.29, 1.82) is 0 Å². The minimum atomic E-state index is -0.732. The van der Waals surface area contributed by atoms with Crippen molar-refractivity contribution >= 4 is 34.3 Å². The zero-order valence-electron chi connectivity index (χ0n) is 27.0. The van der Waals surface area contributed by atoms with Gasteiger partial charge in [0.2, 0.25) is 0 Å². The summed E-state index contributed by atoms with van der Waals surface area (Å²) in [5.41, 5.74) is 2.82. The average Bonchev–Trinajstić information content (AvgIpc) is 3.01. The normalized spacial score (nSPS) is 19.7. The first-order chi connectivity index (χ1) is 20.8. The van der Waals surface area contributed by atoms with Crippen molar-refractivity contribution in [3.8, 4) is 0 Å². The number of aliphatic hydroxyl groups excluding tert-OH is 2. The van der Waals surface area contributed by atoms with Crippen LogP contribution in [0.5, 0.6) is 0 Å². The standard InChI is InChI=1S/C34H48N4O6/c1-23(39)21-37-27-9-7-25(31(41)33(3,4)35-11-15-43-16-12-35)19-29(27)38(22-24(2)40)30-20-26(8-10-28(30)37)32(42)34(5,6)36-13-17-44-18-14-36/h7-10,19-20,23-24,39-40H,11-18,21-22H2,1-6H3. The van der Waals surface area contributed by atoms with Crippen LogP contribution in [0.1, 0.15) is 62.3 Å². The van der Waals surface area contributed by atoms with E-state index in [1.54, 1.807) is 13.8 Å². The molecular weight excluding hydrogens is 560 g/mol. The predicted molar refractivity (Wildman–Crippen MR) is 172 cm³/mol. The number of rotatable bonds is 10. The van der Waals surface area contributed by atoms with Gasteiger partial charge < -0.3 is 29.5 Å². The molecule has 0 amide bonds. The van der Waals surface area contributed by atoms with E-state index in [0.717, 1.165) is 22.7 Å². The molecule has 2 unspecified atom stereocenters. The summed E-state index contributed by atoms with van der Waals surface area (Å²) >= 11 is 0. The lowest BCUT2D eigenvalue weighted by Crippen LogP contribution is -2.54. The molecule has 0 radical (unpaired) electrons. The van der Waals surface area contributed by atoms with E-state index in [4.69, 9.17) is 9.47 Å². The second-order valence-electron chi connectivity index (χ2n) is 13.3. The lowest BCUT2D eigenvalue weighted by Gasteiger charge is -2.43. The second kappa shape index (κ2) is 12.9. The number of hydrogen-bond donors (Lipinski definition) is 2. The summed E-state index contributed by atoms with van der Waals surface area (Å²) in [5, 5.41) is 21.2. The second-order valence-corrected chi connectivity index (χ2v) is 13.3. The molecule has 0 spiro atoms. The highest BCUT2D eigenvalue weighted by Gasteiger charge is 2.39. The van der Waals surface area contributed by atoms with Gasteiger partial charge in [-0.05, 0) is 77.9 Å². The number of β-amino-alcohol motifs (C(OH)–C–C–N with tert-alkyl or cyclic N) is 2. The van der Waals surface area contributed by atoms with Crippen LogP contribution in [-0.2, 0) is 9.47 Å². The fourth-order valence-corrected chi connectivity index (χ4v) is 6.64. The van der Waals surface area contributed by atoms with Gasteiger partial charge in [0.05, 0.1) is 72.5 Å². The highest BCUT2D eigenvalue weighted by atomic mass is 16.5. The maximum atomic E-state index is 14.0. The fourth-order valence-electron chi connectivity index (χ4n) is 6.64. The van der Waals surface area contributed by atoms with Crippen LogP contribution in [0.2, 0.25) is 0 Å². The molecular formula is C34H48N4O6. The van der Waals surface area contributed by atoms with Crippen LogP contribution in [0.3, 0.4) is 0 Å². The molecule has 2 saturated heterocycles. The quantitative estimate of drug-likeness (QED) is 0.389. The average molecular weight is 609 g/mol. The maximum absolute atomic E-state index is 14.0. The molecule has 3 aliphatic heterocycles. The molecule has 2 aromatic rings. The molecule has 0 saturated carbocycles. The van der Waals surface area contributed by atoms with Crippen LogP contribution >= 0.6 is 0 Å². The Labute approximate surface area is 261 Å². The molecule has 3 aliphatic rings. The van der Waals surface area contributed by atoms with Gasteiger partial charge in [-0.15, -0.1) is 0 Å². The topological polar surface area (TPSA) is 106 Å². The number of morpholine rings is 2. The zero-order chi connectivity index (χ0) is 31.8. The lowest BCUT2D eigenvalue weighted by molar-refractivity contribution is -0.00442. The summed E-state index contributed by atoms with van der Waals surface area (Å²) in [4.78, 5) is 36.4. The van der Waals surface area contributed by atoms with Crippen LogP contribution in [0.25, 0.3) is 0 Å². The number of ether oxygens (including phenoxy) is 2. The minimum absolute atomic E-state index is 0.00302. The third-order valence-electron chi connectivity index (χ3n) is 9.25. The Bertz CT molecular complexity index is 1270. The number of nitrogens with zero attached hydrogens (tertiary/aromatic N) is 4. The highest BCUT2D eigenvalue weighted by Crippen LogP contribution is 2.49. The van der Waals surface area contributed by atoms with Gasteiger partial charge in [0.1, 0.15) is 0 Å². The summed E-state index contributed by atoms with van der Waals surface area (Å²) < 4.78 is 11.0. The van der Waals surface area contributed by atoms with Crippen molar-refractivity contribution in [2.75, 3.05) is 75.5 Å². The molecule has 3 heterocycles. The van der Waals surface area contributed by atoms with Gasteiger partial charge in [-0.25, -0.2) is 0 Å². The largest absolute Gasteiger partial charge is 0.392 e. The lowest BCUT2D eigenvalue weighted by atomic mass is 9.89. The molecule has 0 bridgehead atoms. The van der Waals surface area contributed by atoms with Crippen LogP contribution in [0.15, 0.2) is 36.4 Å². The van der Waals surface area contributed by atoms with Crippen molar-refractivity contribution in [2.24, 2.45) is 0 Å². The van der Waals surface area contributed by atoms with Gasteiger partial charge in [-0.2, -0.15) is 0 Å². The van der Waals surface area contributed by atoms with Crippen LogP contribution in [0, 0.1) is 0 Å². The molecule has 2 fully saturated rings. The SMILES string of the molecule is CC(O)CN1c2ccc(C(=O)C(C)(C)N3CCOCC3)cc2N(CC(C)O)c2cc(C(=O)C(C)(C)N3CCOCC3)ccc21. The first-order valence-corrected chi connectivity index (χ1v) is 15.8. The van der Waals surface area contributed by atoms with E-state index in [1.807, 2.05) is 73.9 Å². The molecule has 10 nitrogen and oxygen atoms in total. The maximum Gasteiger partial charge on any atom is 0.182 e. The molecule has 0 aliphatic carbocycles. The molecule has 0 aromatic heterocycles. The van der Waals surface area contributed by atoms with Crippen molar-refractivity contribution < 1.29 is 29.3 Å². The third-order valence-corrected chi connectivity index (χ3v) is 9.25. The van der Waals surface area contributed by atoms with Gasteiger partial charge >= 0.3 is 0 Å². The molecule has 44 heavy (non-hydrogen) atoms. The van der Waals surface area contributed by atoms with E-state index in [9.17, 15) is 19.8 Å². The van der Waals surface area contributed by atoms with Gasteiger partial charge in [0.15, 0.2) is 11.6 Å². The number of fused-ring (bicyclic) bond motifs is 2. The number of carbonyl (C=O) groups excluding carboxylic acids is 2. The molecule has 240 valence electrons. The first-order valence-electron chi connectivity index (χ1n) is 15.8. The van der Waals surface area contributed by atoms with Crippen molar-refractivity contribution in [1.82, 2.24) is 9.80 Å². The number of hydrogen-bond acceptors (Lipinski definition) is 10. The van der Waals surface area contributed by atoms with E-state index in [2.05, 4.69) is 9.80 Å². The third kappa shape index (κ3) is 6.29. The summed E-state index contributed by atoms with van der Waals surface area (Å²) in [7, 11) is 0. The van der Waals surface area contributed by atoms with Gasteiger partial charge in [-0.3, -0.25) is 19.4 Å². The molecule has 10 heteroatoms. The van der Waals surface area contributed by atoms with Crippen LogP contribution in [0.4, 0.5) is 22.7 Å². The van der Waals surface area contributed by atoms with Gasteiger partial charge in [0, 0.05) is 50.4 Å². The zero-order valence-corrected chi connectivity index (χ0v) is 27.0. The number of ketones is 2. The molecule has 5 rings (SSSR count). The van der Waals surface area contributed by atoms with E-state index in [-0.39, 0.29) is 18.1 Å². The summed E-state index contributed by atoms with van der Waals surface area (Å²) in [5.74, 6) is 0.00604. The van der Waals surface area contributed by atoms with E-state index in [0.29, 0.717) is 70.3 Å². The summed E-state index contributed by atoms with van der Waals surface area (Å²) in [6.45, 7) is 17.0. The van der Waals surface area contributed by atoms with Gasteiger partial charge in [0.25, 0.3) is 0 Å². The number of Topliss-reactive ketones (excluding diaryl/α,β-unsaturated/α-hetero) is 2. The number of anilines is 4. The minimum Gasteiger partial charge on any atom is -0.392 e. The Morgan fingerprint density at radius 2 is 1.00 bits per heavy atom. The monoisotopic (exact) mass is 608 g/mol. The molecule has 2 aromatic carbocycles. The van der Waals surface area contributed by atoms with Gasteiger partial charge in [-0.1, -0.05) is 0 Å². The molecule has 2 N–H and O–H groups in total. The highest BCUT2D eigenvalue weighted by molar-refractivity contribution is 6.07. The van der Waals surface area contributed by atoms with Crippen LogP contribution in [-0.4, -0.2) is 121 Å². The summed E-state index contributed by atoms with van der Waals surface area (Å²) in [6, 6.07) is 11.4. The van der Waals surface area contributed by atoms with Crippen molar-refractivity contribution in [2.45, 2.75) is 64.8 Å². The summed E-state index contributed by atoms with van der Waals surface area (Å²) in [6.07, 6.45) is -1.32. The van der Waals surface area contributed by atoms with Crippen molar-refractivity contribution in [3.05, 3.63) is 47.5 Å². The van der Waals surface area contributed by atoms with Crippen LogP contribution < -0.4 is 9.80 Å². The Balaban J connectivity index is 1.58. The Kier molecular flexibility index (Phi) is 9.51.